The van der Waals surface area contributed by atoms with E-state index in [-0.39, 0.29) is 6.04 Å². The van der Waals surface area contributed by atoms with E-state index < -0.39 is 15.8 Å². The van der Waals surface area contributed by atoms with Crippen molar-refractivity contribution in [2.24, 2.45) is 0 Å². The molecule has 0 radical (unpaired) electrons. The molecule has 2 aliphatic heterocycles. The smallest absolute Gasteiger partial charge is 0.406 e. The van der Waals surface area contributed by atoms with Crippen molar-refractivity contribution in [1.82, 2.24) is 19.2 Å². The number of fused-ring (bicyclic) bond motifs is 2. The van der Waals surface area contributed by atoms with Crippen LogP contribution in [0.15, 0.2) is 68.8 Å². The number of aromatic nitrogens is 2. The average molecular weight is 508 g/mol. The summed E-state index contributed by atoms with van der Waals surface area (Å²) in [5.41, 5.74) is 2.95. The number of nitrogens with one attached hydrogen (secondary N) is 1. The number of hydrogen-bond donors (Lipinski definition) is 1. The van der Waals surface area contributed by atoms with Gasteiger partial charge in [-0.3, -0.25) is 14.9 Å². The van der Waals surface area contributed by atoms with Gasteiger partial charge in [0, 0.05) is 50.3 Å². The molecule has 2 aliphatic rings. The maximum absolute atomic E-state index is 13.7. The maximum atomic E-state index is 13.7. The summed E-state index contributed by atoms with van der Waals surface area (Å²) in [6.07, 6.45) is 4.26. The fraction of sp³-hybridized carbons (Fsp3) is 0.385. The molecule has 4 heterocycles. The lowest BCUT2D eigenvalue weighted by Gasteiger charge is -2.36. The van der Waals surface area contributed by atoms with Gasteiger partial charge in [0.25, 0.3) is 0 Å². The molecule has 6 rings (SSSR count). The minimum atomic E-state index is -3.60. The van der Waals surface area contributed by atoms with Crippen LogP contribution in [0.1, 0.15) is 19.3 Å². The second-order valence-electron chi connectivity index (χ2n) is 9.52. The van der Waals surface area contributed by atoms with E-state index in [1.54, 1.807) is 28.7 Å². The number of oxazole rings is 1. The Kier molecular flexibility index (Phi) is 6.02. The number of nitrogens with zero attached hydrogens (tertiary/aromatic N) is 4. The molecule has 0 unspecified atom stereocenters. The number of aromatic amines is 1. The number of pyridine rings is 1. The van der Waals surface area contributed by atoms with Gasteiger partial charge in [0.1, 0.15) is 0 Å². The van der Waals surface area contributed by atoms with Crippen LogP contribution >= 0.6 is 0 Å². The molecule has 4 aromatic rings. The summed E-state index contributed by atoms with van der Waals surface area (Å²) in [5.74, 6) is -0.438. The first-order valence-electron chi connectivity index (χ1n) is 12.5. The zero-order chi connectivity index (χ0) is 24.7. The Labute approximate surface area is 209 Å². The average Bonchev–Trinajstić information content (AvgIpc) is 3.53. The van der Waals surface area contributed by atoms with Crippen LogP contribution in [0.25, 0.3) is 22.0 Å². The van der Waals surface area contributed by atoms with E-state index in [4.69, 9.17) is 4.42 Å². The van der Waals surface area contributed by atoms with Crippen molar-refractivity contribution >= 4 is 37.7 Å². The Morgan fingerprint density at radius 2 is 1.83 bits per heavy atom. The zero-order valence-electron chi connectivity index (χ0n) is 20.0. The number of anilines is 1. The van der Waals surface area contributed by atoms with Crippen LogP contribution in [-0.4, -0.2) is 72.9 Å². The van der Waals surface area contributed by atoms with E-state index >= 15 is 0 Å². The van der Waals surface area contributed by atoms with Crippen molar-refractivity contribution in [2.75, 3.05) is 44.2 Å². The number of sulfonamides is 1. The lowest BCUT2D eigenvalue weighted by Crippen LogP contribution is -2.47. The Morgan fingerprint density at radius 1 is 1.00 bits per heavy atom. The molecule has 1 atom stereocenters. The van der Waals surface area contributed by atoms with Gasteiger partial charge >= 0.3 is 5.76 Å². The molecule has 0 spiro atoms. The summed E-state index contributed by atoms with van der Waals surface area (Å²) in [5, 5.41) is 0.676. The number of benzene rings is 2. The Morgan fingerprint density at radius 3 is 2.69 bits per heavy atom. The van der Waals surface area contributed by atoms with Crippen molar-refractivity contribution < 1.29 is 12.8 Å². The zero-order valence-corrected chi connectivity index (χ0v) is 20.8. The van der Waals surface area contributed by atoms with Crippen LogP contribution in [0.4, 0.5) is 5.69 Å². The second kappa shape index (κ2) is 9.34. The van der Waals surface area contributed by atoms with Crippen molar-refractivity contribution in [2.45, 2.75) is 30.2 Å². The largest absolute Gasteiger partial charge is 0.417 e. The van der Waals surface area contributed by atoms with Crippen molar-refractivity contribution in [3.8, 4) is 0 Å². The second-order valence-corrected chi connectivity index (χ2v) is 11.4. The van der Waals surface area contributed by atoms with E-state index in [9.17, 15) is 13.2 Å². The summed E-state index contributed by atoms with van der Waals surface area (Å²) in [6.45, 7) is 4.81. The van der Waals surface area contributed by atoms with E-state index in [0.29, 0.717) is 33.4 Å². The third-order valence-corrected chi connectivity index (χ3v) is 9.44. The number of hydrogen-bond acceptors (Lipinski definition) is 7. The van der Waals surface area contributed by atoms with Crippen LogP contribution < -0.4 is 10.7 Å². The summed E-state index contributed by atoms with van der Waals surface area (Å²) in [6, 6.07) is 14.7. The van der Waals surface area contributed by atoms with E-state index in [0.717, 1.165) is 57.7 Å². The minimum absolute atomic E-state index is 0.00263. The fourth-order valence-electron chi connectivity index (χ4n) is 5.59. The van der Waals surface area contributed by atoms with Crippen molar-refractivity contribution in [3.63, 3.8) is 0 Å². The molecule has 2 aromatic heterocycles. The van der Waals surface area contributed by atoms with Crippen molar-refractivity contribution in [3.05, 3.63) is 65.3 Å². The Hall–Kier alpha value is -3.21. The number of rotatable bonds is 6. The molecule has 0 saturated carbocycles. The molecule has 36 heavy (non-hydrogen) atoms. The number of H-pyrrole nitrogens is 1. The number of piperazine rings is 1. The molecule has 9 nitrogen and oxygen atoms in total. The Balaban J connectivity index is 1.11. The molecule has 10 heteroatoms. The SMILES string of the molecule is O=c1[nH]c2cccc(N3CCN(CC[C@@H]4CCCN4S(=O)(=O)c4cccc5ncccc45)CC3)c2o1. The van der Waals surface area contributed by atoms with Gasteiger partial charge in [0.05, 0.1) is 21.6 Å². The highest BCUT2D eigenvalue weighted by molar-refractivity contribution is 7.89. The lowest BCUT2D eigenvalue weighted by atomic mass is 10.1. The number of para-hydroxylation sites is 1. The van der Waals surface area contributed by atoms with E-state index in [1.807, 2.05) is 30.3 Å². The molecule has 0 aliphatic carbocycles. The minimum Gasteiger partial charge on any atom is -0.406 e. The Bertz CT molecular complexity index is 1550. The summed E-state index contributed by atoms with van der Waals surface area (Å²) in [7, 11) is -3.60. The molecular weight excluding hydrogens is 478 g/mol. The van der Waals surface area contributed by atoms with Crippen LogP contribution in [0.5, 0.6) is 0 Å². The maximum Gasteiger partial charge on any atom is 0.417 e. The van der Waals surface area contributed by atoms with Crippen LogP contribution in [0.3, 0.4) is 0 Å². The van der Waals surface area contributed by atoms with Gasteiger partial charge in [-0.05, 0) is 62.2 Å². The van der Waals surface area contributed by atoms with Gasteiger partial charge in [-0.2, -0.15) is 4.31 Å². The molecule has 2 aromatic carbocycles. The van der Waals surface area contributed by atoms with Crippen LogP contribution in [0, 0.1) is 0 Å². The summed E-state index contributed by atoms with van der Waals surface area (Å²) >= 11 is 0. The molecule has 0 amide bonds. The van der Waals surface area contributed by atoms with Gasteiger partial charge in [-0.15, -0.1) is 0 Å². The van der Waals surface area contributed by atoms with Gasteiger partial charge in [-0.25, -0.2) is 13.2 Å². The first kappa shape index (κ1) is 23.2. The highest BCUT2D eigenvalue weighted by Gasteiger charge is 2.36. The summed E-state index contributed by atoms with van der Waals surface area (Å²) in [4.78, 5) is 23.7. The lowest BCUT2D eigenvalue weighted by molar-refractivity contribution is 0.232. The normalized spacial score (nSPS) is 20.0. The highest BCUT2D eigenvalue weighted by Crippen LogP contribution is 2.32. The van der Waals surface area contributed by atoms with Gasteiger partial charge in [0.2, 0.25) is 10.0 Å². The molecule has 2 fully saturated rings. The first-order chi connectivity index (χ1) is 17.5. The predicted octanol–water partition coefficient (Wildman–Crippen LogP) is 3.03. The monoisotopic (exact) mass is 507 g/mol. The quantitative estimate of drug-likeness (QED) is 0.428. The van der Waals surface area contributed by atoms with E-state index in [2.05, 4.69) is 19.8 Å². The van der Waals surface area contributed by atoms with E-state index in [1.165, 1.54) is 0 Å². The van der Waals surface area contributed by atoms with Gasteiger partial charge in [-0.1, -0.05) is 12.1 Å². The van der Waals surface area contributed by atoms with Crippen LogP contribution in [0.2, 0.25) is 0 Å². The standard InChI is InChI=1S/C26H29N5O4S/c32-26-28-22-8-1-9-23(25(22)35-26)30-17-15-29(16-18-30)14-11-19-5-4-13-31(19)36(33,34)24-10-2-7-21-20(24)6-3-12-27-21/h1-3,6-10,12,19H,4-5,11,13-18H2,(H,28,32)/t19-/m0/s1. The molecular formula is C26H29N5O4S. The van der Waals surface area contributed by atoms with Gasteiger partial charge < -0.3 is 9.32 Å². The molecule has 1 N–H and O–H groups in total. The van der Waals surface area contributed by atoms with Crippen molar-refractivity contribution in [1.29, 1.82) is 0 Å². The fourth-order valence-corrected chi connectivity index (χ4v) is 7.52. The highest BCUT2D eigenvalue weighted by atomic mass is 32.2. The molecule has 0 bridgehead atoms. The summed E-state index contributed by atoms with van der Waals surface area (Å²) < 4.78 is 34.4. The topological polar surface area (TPSA) is 103 Å². The molecule has 2 saturated heterocycles. The predicted molar refractivity (Wildman–Crippen MR) is 139 cm³/mol. The van der Waals surface area contributed by atoms with Crippen LogP contribution in [-0.2, 0) is 10.0 Å². The third-order valence-electron chi connectivity index (χ3n) is 7.43. The molecule has 188 valence electrons. The first-order valence-corrected chi connectivity index (χ1v) is 13.9. The third kappa shape index (κ3) is 4.19. The van der Waals surface area contributed by atoms with Gasteiger partial charge in [0.15, 0.2) is 5.58 Å².